The fraction of sp³-hybridized carbons (Fsp3) is 0.444. The maximum atomic E-state index is 12.4. The Morgan fingerprint density at radius 1 is 1.40 bits per heavy atom. The molecule has 2 atom stereocenters. The number of carbonyl (C=O) groups is 1. The highest BCUT2D eigenvalue weighted by molar-refractivity contribution is 8.00. The topological polar surface area (TPSA) is 65.4 Å². The number of benzene rings is 1. The van der Waals surface area contributed by atoms with Gasteiger partial charge in [-0.25, -0.2) is 4.98 Å². The summed E-state index contributed by atoms with van der Waals surface area (Å²) in [7, 11) is 0. The molecular formula is C18H21N3O3S. The fourth-order valence-corrected chi connectivity index (χ4v) is 3.71. The number of fused-ring (bicyclic) bond motifs is 1. The second-order valence-corrected chi connectivity index (χ2v) is 7.66. The Morgan fingerprint density at radius 2 is 2.20 bits per heavy atom. The Balaban J connectivity index is 1.28. The standard InChI is InChI=1S/C18H21N3O3S/c1-12(25-18-19-8-9-21(18)13-6-7-13)17(22)20-10-14-11-23-15-4-2-3-5-16(15)24-14/h2-5,8-9,12-14H,6-7,10-11H2,1H3,(H,20,22)/t12-,14+/m0/s1. The Bertz CT molecular complexity index is 760. The zero-order valence-corrected chi connectivity index (χ0v) is 14.9. The molecule has 1 aromatic heterocycles. The average molecular weight is 359 g/mol. The van der Waals surface area contributed by atoms with Crippen LogP contribution in [-0.4, -0.2) is 40.0 Å². The van der Waals surface area contributed by atoms with Crippen LogP contribution in [0.1, 0.15) is 25.8 Å². The number of rotatable bonds is 6. The lowest BCUT2D eigenvalue weighted by Crippen LogP contribution is -2.42. The first-order valence-corrected chi connectivity index (χ1v) is 9.44. The van der Waals surface area contributed by atoms with Gasteiger partial charge in [0.25, 0.3) is 0 Å². The Morgan fingerprint density at radius 3 is 3.00 bits per heavy atom. The molecular weight excluding hydrogens is 338 g/mol. The molecule has 7 heteroatoms. The van der Waals surface area contributed by atoms with Crippen molar-refractivity contribution in [2.24, 2.45) is 0 Å². The minimum absolute atomic E-state index is 0.0159. The van der Waals surface area contributed by atoms with Gasteiger partial charge in [-0.2, -0.15) is 0 Å². The monoisotopic (exact) mass is 359 g/mol. The van der Waals surface area contributed by atoms with Crippen molar-refractivity contribution in [2.45, 2.75) is 42.3 Å². The van der Waals surface area contributed by atoms with Gasteiger partial charge in [-0.15, -0.1) is 0 Å². The number of carbonyl (C=O) groups excluding carboxylic acids is 1. The summed E-state index contributed by atoms with van der Waals surface area (Å²) in [5, 5.41) is 3.66. The number of nitrogens with one attached hydrogen (secondary N) is 1. The van der Waals surface area contributed by atoms with Gasteiger partial charge in [-0.1, -0.05) is 23.9 Å². The molecule has 0 radical (unpaired) electrons. The molecule has 2 aromatic rings. The zero-order valence-electron chi connectivity index (χ0n) is 14.1. The van der Waals surface area contributed by atoms with Gasteiger partial charge in [0.1, 0.15) is 12.7 Å². The lowest BCUT2D eigenvalue weighted by atomic mass is 10.2. The van der Waals surface area contributed by atoms with Crippen LogP contribution in [0.15, 0.2) is 41.8 Å². The quantitative estimate of drug-likeness (QED) is 0.804. The van der Waals surface area contributed by atoms with Gasteiger partial charge >= 0.3 is 0 Å². The summed E-state index contributed by atoms with van der Waals surface area (Å²) in [5.74, 6) is 1.46. The molecule has 6 nitrogen and oxygen atoms in total. The van der Waals surface area contributed by atoms with E-state index in [-0.39, 0.29) is 17.3 Å². The Hall–Kier alpha value is -2.15. The summed E-state index contributed by atoms with van der Waals surface area (Å²) in [4.78, 5) is 16.8. The molecule has 0 saturated heterocycles. The number of amides is 1. The first kappa shape index (κ1) is 16.3. The summed E-state index contributed by atoms with van der Waals surface area (Å²) in [6, 6.07) is 8.14. The van der Waals surface area contributed by atoms with Crippen molar-refractivity contribution >= 4 is 17.7 Å². The minimum Gasteiger partial charge on any atom is -0.486 e. The number of thioether (sulfide) groups is 1. The van der Waals surface area contributed by atoms with Gasteiger partial charge in [-0.3, -0.25) is 4.79 Å². The molecule has 0 spiro atoms. The highest BCUT2D eigenvalue weighted by Gasteiger charge is 2.27. The second-order valence-electron chi connectivity index (χ2n) is 6.35. The molecule has 4 rings (SSSR count). The summed E-state index contributed by atoms with van der Waals surface area (Å²) < 4.78 is 13.7. The van der Waals surface area contributed by atoms with E-state index in [2.05, 4.69) is 14.9 Å². The maximum absolute atomic E-state index is 12.4. The van der Waals surface area contributed by atoms with E-state index in [1.165, 1.54) is 24.6 Å². The van der Waals surface area contributed by atoms with Crippen molar-refractivity contribution in [2.75, 3.05) is 13.2 Å². The molecule has 25 heavy (non-hydrogen) atoms. The smallest absolute Gasteiger partial charge is 0.233 e. The van der Waals surface area contributed by atoms with Gasteiger partial charge < -0.3 is 19.4 Å². The van der Waals surface area contributed by atoms with Crippen LogP contribution in [-0.2, 0) is 4.79 Å². The number of nitrogens with zero attached hydrogens (tertiary/aromatic N) is 2. The fourth-order valence-electron chi connectivity index (χ4n) is 2.75. The molecule has 0 bridgehead atoms. The van der Waals surface area contributed by atoms with Gasteiger partial charge in [0.2, 0.25) is 5.91 Å². The van der Waals surface area contributed by atoms with Crippen LogP contribution in [0.2, 0.25) is 0 Å². The molecule has 0 unspecified atom stereocenters. The zero-order chi connectivity index (χ0) is 17.2. The molecule has 2 aliphatic rings. The molecule has 1 aliphatic carbocycles. The normalized spacial score (nSPS) is 20.1. The van der Waals surface area contributed by atoms with Crippen LogP contribution in [0.25, 0.3) is 0 Å². The van der Waals surface area contributed by atoms with Gasteiger partial charge in [0.15, 0.2) is 16.7 Å². The largest absolute Gasteiger partial charge is 0.486 e. The van der Waals surface area contributed by atoms with Crippen molar-refractivity contribution in [3.05, 3.63) is 36.7 Å². The van der Waals surface area contributed by atoms with Gasteiger partial charge in [0.05, 0.1) is 11.8 Å². The van der Waals surface area contributed by atoms with Crippen LogP contribution in [0, 0.1) is 0 Å². The molecule has 1 fully saturated rings. The summed E-state index contributed by atoms with van der Waals surface area (Å²) in [6.07, 6.45) is 6.02. The van der Waals surface area contributed by atoms with E-state index in [4.69, 9.17) is 9.47 Å². The van der Waals surface area contributed by atoms with Crippen molar-refractivity contribution < 1.29 is 14.3 Å². The van der Waals surface area contributed by atoms with Crippen LogP contribution < -0.4 is 14.8 Å². The van der Waals surface area contributed by atoms with E-state index in [1.807, 2.05) is 37.4 Å². The van der Waals surface area contributed by atoms with E-state index < -0.39 is 0 Å². The van der Waals surface area contributed by atoms with Crippen molar-refractivity contribution in [3.8, 4) is 11.5 Å². The van der Waals surface area contributed by atoms with Crippen molar-refractivity contribution in [1.29, 1.82) is 0 Å². The summed E-state index contributed by atoms with van der Waals surface area (Å²) in [5.41, 5.74) is 0. The number of hydrogen-bond acceptors (Lipinski definition) is 5. The van der Waals surface area contributed by atoms with Crippen molar-refractivity contribution in [3.63, 3.8) is 0 Å². The lowest BCUT2D eigenvalue weighted by molar-refractivity contribution is -0.120. The molecule has 132 valence electrons. The number of aromatic nitrogens is 2. The first-order chi connectivity index (χ1) is 12.2. The molecule has 1 N–H and O–H groups in total. The highest BCUT2D eigenvalue weighted by Crippen LogP contribution is 2.38. The predicted molar refractivity (Wildman–Crippen MR) is 95.2 cm³/mol. The third kappa shape index (κ3) is 3.76. The van der Waals surface area contributed by atoms with E-state index >= 15 is 0 Å². The highest BCUT2D eigenvalue weighted by atomic mass is 32.2. The second kappa shape index (κ2) is 7.00. The van der Waals surface area contributed by atoms with Gasteiger partial charge in [0, 0.05) is 18.4 Å². The molecule has 2 heterocycles. The average Bonchev–Trinajstić information content (AvgIpc) is 3.38. The minimum atomic E-state index is -0.211. The van der Waals surface area contributed by atoms with E-state index in [0.717, 1.165) is 16.7 Å². The van der Waals surface area contributed by atoms with E-state index in [9.17, 15) is 4.79 Å². The summed E-state index contributed by atoms with van der Waals surface area (Å²) >= 11 is 1.50. The predicted octanol–water partition coefficient (Wildman–Crippen LogP) is 2.65. The number of para-hydroxylation sites is 2. The number of ether oxygens (including phenoxy) is 2. The van der Waals surface area contributed by atoms with Crippen LogP contribution >= 0.6 is 11.8 Å². The van der Waals surface area contributed by atoms with Gasteiger partial charge in [-0.05, 0) is 31.9 Å². The maximum Gasteiger partial charge on any atom is 0.233 e. The third-order valence-electron chi connectivity index (χ3n) is 4.30. The molecule has 1 aliphatic heterocycles. The van der Waals surface area contributed by atoms with Crippen LogP contribution in [0.4, 0.5) is 0 Å². The molecule has 1 aromatic carbocycles. The van der Waals surface area contributed by atoms with Crippen LogP contribution in [0.5, 0.6) is 11.5 Å². The van der Waals surface area contributed by atoms with E-state index in [0.29, 0.717) is 19.2 Å². The number of imidazole rings is 1. The lowest BCUT2D eigenvalue weighted by Gasteiger charge is -2.26. The van der Waals surface area contributed by atoms with Crippen molar-refractivity contribution in [1.82, 2.24) is 14.9 Å². The molecule has 1 amide bonds. The molecule has 1 saturated carbocycles. The van der Waals surface area contributed by atoms with E-state index in [1.54, 1.807) is 6.20 Å². The summed E-state index contributed by atoms with van der Waals surface area (Å²) in [6.45, 7) is 2.76. The third-order valence-corrected chi connectivity index (χ3v) is 5.39. The first-order valence-electron chi connectivity index (χ1n) is 8.56. The Kier molecular flexibility index (Phi) is 4.57. The van der Waals surface area contributed by atoms with Crippen LogP contribution in [0.3, 0.4) is 0 Å². The number of hydrogen-bond donors (Lipinski definition) is 1. The Labute approximate surface area is 150 Å². The SMILES string of the molecule is C[C@H](Sc1nccn1C1CC1)C(=O)NC[C@@H]1COc2ccccc2O1.